The number of pyridine rings is 1. The highest BCUT2D eigenvalue weighted by Crippen LogP contribution is 2.44. The first-order valence-electron chi connectivity index (χ1n) is 19.3. The van der Waals surface area contributed by atoms with Crippen LogP contribution in [-0.2, 0) is 0 Å². The average molecular weight is 727 g/mol. The van der Waals surface area contributed by atoms with Gasteiger partial charge in [-0.15, -0.1) is 0 Å². The first-order valence-corrected chi connectivity index (χ1v) is 19.3. The molecule has 4 heteroatoms. The van der Waals surface area contributed by atoms with E-state index in [1.807, 2.05) is 18.5 Å². The monoisotopic (exact) mass is 726 g/mol. The Morgan fingerprint density at radius 3 is 1.53 bits per heavy atom. The summed E-state index contributed by atoms with van der Waals surface area (Å²) in [5.74, 6) is 0.677. The summed E-state index contributed by atoms with van der Waals surface area (Å²) in [6, 6.07) is 68.8. The number of hydrogen-bond donors (Lipinski definition) is 0. The van der Waals surface area contributed by atoms with Gasteiger partial charge in [0.15, 0.2) is 5.82 Å². The highest BCUT2D eigenvalue weighted by molar-refractivity contribution is 6.21. The van der Waals surface area contributed by atoms with Crippen molar-refractivity contribution in [1.82, 2.24) is 19.5 Å². The Bertz CT molecular complexity index is 3220. The lowest BCUT2D eigenvalue weighted by Gasteiger charge is -2.18. The van der Waals surface area contributed by atoms with Crippen molar-refractivity contribution in [2.45, 2.75) is 0 Å². The highest BCUT2D eigenvalue weighted by atomic mass is 15.0. The van der Waals surface area contributed by atoms with E-state index in [9.17, 15) is 0 Å². The molecule has 11 aromatic rings. The van der Waals surface area contributed by atoms with Crippen molar-refractivity contribution >= 4 is 43.4 Å². The van der Waals surface area contributed by atoms with E-state index in [1.54, 1.807) is 0 Å². The average Bonchev–Trinajstić information content (AvgIpc) is 3.62. The van der Waals surface area contributed by atoms with Crippen molar-refractivity contribution in [3.05, 3.63) is 207 Å². The summed E-state index contributed by atoms with van der Waals surface area (Å²) in [6.07, 6.45) is 3.83. The van der Waals surface area contributed by atoms with E-state index in [4.69, 9.17) is 9.97 Å². The molecule has 0 aliphatic rings. The van der Waals surface area contributed by atoms with Crippen LogP contribution in [0.3, 0.4) is 0 Å². The van der Waals surface area contributed by atoms with Gasteiger partial charge in [-0.2, -0.15) is 0 Å². The summed E-state index contributed by atoms with van der Waals surface area (Å²) in [7, 11) is 0. The minimum atomic E-state index is 0.677. The Labute approximate surface area is 330 Å². The molecule has 4 nitrogen and oxygen atoms in total. The molecule has 0 aliphatic carbocycles. The lowest BCUT2D eigenvalue weighted by molar-refractivity contribution is 1.17. The largest absolute Gasteiger partial charge is 0.309 e. The molecular weight excluding hydrogens is 693 g/mol. The van der Waals surface area contributed by atoms with Crippen LogP contribution in [0.15, 0.2) is 207 Å². The zero-order chi connectivity index (χ0) is 37.7. The summed E-state index contributed by atoms with van der Waals surface area (Å²) in [5, 5.41) is 7.11. The molecule has 11 rings (SSSR count). The number of fused-ring (bicyclic) bond motifs is 5. The van der Waals surface area contributed by atoms with Gasteiger partial charge < -0.3 is 4.57 Å². The van der Waals surface area contributed by atoms with Gasteiger partial charge in [0.1, 0.15) is 0 Å². The molecule has 8 aromatic carbocycles. The lowest BCUT2D eigenvalue weighted by Crippen LogP contribution is -1.97. The molecule has 0 saturated carbocycles. The molecule has 0 saturated heterocycles. The van der Waals surface area contributed by atoms with Gasteiger partial charge >= 0.3 is 0 Å². The van der Waals surface area contributed by atoms with E-state index in [-0.39, 0.29) is 0 Å². The van der Waals surface area contributed by atoms with Gasteiger partial charge in [-0.25, -0.2) is 9.97 Å². The van der Waals surface area contributed by atoms with Crippen LogP contribution in [0.5, 0.6) is 0 Å². The number of benzene rings is 8. The molecule has 0 fully saturated rings. The van der Waals surface area contributed by atoms with Gasteiger partial charge in [0.2, 0.25) is 0 Å². The number of nitrogens with zero attached hydrogens (tertiary/aromatic N) is 4. The van der Waals surface area contributed by atoms with Gasteiger partial charge in [-0.05, 0) is 86.3 Å². The molecule has 0 bridgehead atoms. The maximum absolute atomic E-state index is 5.33. The van der Waals surface area contributed by atoms with Crippen molar-refractivity contribution in [3.8, 4) is 61.8 Å². The number of rotatable bonds is 6. The fourth-order valence-electron chi connectivity index (χ4n) is 8.53. The Morgan fingerprint density at radius 1 is 0.333 bits per heavy atom. The van der Waals surface area contributed by atoms with E-state index in [2.05, 4.69) is 198 Å². The van der Waals surface area contributed by atoms with Crippen molar-refractivity contribution in [3.63, 3.8) is 0 Å². The van der Waals surface area contributed by atoms with Gasteiger partial charge in [0, 0.05) is 45.5 Å². The van der Waals surface area contributed by atoms with Crippen LogP contribution < -0.4 is 0 Å². The summed E-state index contributed by atoms with van der Waals surface area (Å²) >= 11 is 0. The van der Waals surface area contributed by atoms with Crippen LogP contribution in [0.2, 0.25) is 0 Å². The smallest absolute Gasteiger partial charge is 0.160 e. The second-order valence-electron chi connectivity index (χ2n) is 14.4. The van der Waals surface area contributed by atoms with Crippen LogP contribution in [0, 0.1) is 0 Å². The third-order valence-electron chi connectivity index (χ3n) is 11.1. The van der Waals surface area contributed by atoms with E-state index in [0.717, 1.165) is 61.1 Å². The van der Waals surface area contributed by atoms with Gasteiger partial charge in [0.25, 0.3) is 0 Å². The fraction of sp³-hybridized carbons (Fsp3) is 0. The fourth-order valence-corrected chi connectivity index (χ4v) is 8.53. The maximum atomic E-state index is 5.33. The molecule has 57 heavy (non-hydrogen) atoms. The number of aromatic nitrogens is 4. The molecule has 3 aromatic heterocycles. The standard InChI is InChI=1S/C53H34N4/c1-4-15-35(16-5-1)47-33-48(37-27-28-49-45(32-37)46-34-54-30-29-50(46)57(49)40-21-8-3-9-22-40)56-53(55-47)39-20-14-19-38(31-39)52-43-25-12-10-23-41(43)51(36-17-6-2-7-18-36)42-24-11-13-26-44(42)52/h1-34H. The predicted molar refractivity (Wildman–Crippen MR) is 236 cm³/mol. The first kappa shape index (κ1) is 32.7. The SMILES string of the molecule is c1ccc(-c2cc(-c3ccc4c(c3)c3cnccc3n4-c3ccccc3)nc(-c3cccc(-c4c5ccccc5c(-c5ccccc5)c5ccccc45)c3)n2)cc1. The molecular formula is C53H34N4. The molecule has 0 atom stereocenters. The van der Waals surface area contributed by atoms with Crippen molar-refractivity contribution in [2.24, 2.45) is 0 Å². The summed E-state index contributed by atoms with van der Waals surface area (Å²) in [5.41, 5.74) is 12.9. The van der Waals surface area contributed by atoms with Crippen LogP contribution >= 0.6 is 0 Å². The quantitative estimate of drug-likeness (QED) is 0.160. The van der Waals surface area contributed by atoms with E-state index in [1.165, 1.54) is 38.2 Å². The summed E-state index contributed by atoms with van der Waals surface area (Å²) < 4.78 is 2.31. The van der Waals surface area contributed by atoms with E-state index < -0.39 is 0 Å². The first-order chi connectivity index (χ1) is 28.3. The molecule has 0 spiro atoms. The normalized spacial score (nSPS) is 11.5. The molecule has 0 aliphatic heterocycles. The zero-order valence-electron chi connectivity index (χ0n) is 30.9. The molecule has 3 heterocycles. The van der Waals surface area contributed by atoms with Gasteiger partial charge in [0.05, 0.1) is 22.4 Å². The Kier molecular flexibility index (Phi) is 7.78. The second-order valence-corrected chi connectivity index (χ2v) is 14.4. The summed E-state index contributed by atoms with van der Waals surface area (Å²) in [6.45, 7) is 0. The number of para-hydroxylation sites is 1. The van der Waals surface area contributed by atoms with E-state index in [0.29, 0.717) is 5.82 Å². The maximum Gasteiger partial charge on any atom is 0.160 e. The van der Waals surface area contributed by atoms with E-state index >= 15 is 0 Å². The molecule has 0 amide bonds. The minimum Gasteiger partial charge on any atom is -0.309 e. The van der Waals surface area contributed by atoms with Gasteiger partial charge in [-0.3, -0.25) is 4.98 Å². The third kappa shape index (κ3) is 5.58. The minimum absolute atomic E-state index is 0.677. The van der Waals surface area contributed by atoms with Crippen LogP contribution in [0.25, 0.3) is 105 Å². The Balaban J connectivity index is 1.11. The summed E-state index contributed by atoms with van der Waals surface area (Å²) in [4.78, 5) is 15.1. The lowest BCUT2D eigenvalue weighted by atomic mass is 9.85. The highest BCUT2D eigenvalue weighted by Gasteiger charge is 2.19. The van der Waals surface area contributed by atoms with Gasteiger partial charge in [-0.1, -0.05) is 152 Å². The molecule has 0 unspecified atom stereocenters. The molecule has 0 radical (unpaired) electrons. The predicted octanol–water partition coefficient (Wildman–Crippen LogP) is 13.6. The van der Waals surface area contributed by atoms with Crippen molar-refractivity contribution in [2.75, 3.05) is 0 Å². The van der Waals surface area contributed by atoms with Crippen molar-refractivity contribution < 1.29 is 0 Å². The topological polar surface area (TPSA) is 43.6 Å². The molecule has 266 valence electrons. The number of hydrogen-bond acceptors (Lipinski definition) is 3. The van der Waals surface area contributed by atoms with Crippen LogP contribution in [0.4, 0.5) is 0 Å². The second kappa shape index (κ2) is 13.6. The zero-order valence-corrected chi connectivity index (χ0v) is 30.9. The molecule has 0 N–H and O–H groups in total. The Morgan fingerprint density at radius 2 is 0.860 bits per heavy atom. The van der Waals surface area contributed by atoms with Crippen LogP contribution in [-0.4, -0.2) is 19.5 Å². The third-order valence-corrected chi connectivity index (χ3v) is 11.1. The van der Waals surface area contributed by atoms with Crippen LogP contribution in [0.1, 0.15) is 0 Å². The Hall–Kier alpha value is -7.69. The van der Waals surface area contributed by atoms with Crippen molar-refractivity contribution in [1.29, 1.82) is 0 Å².